The van der Waals surface area contributed by atoms with Crippen molar-refractivity contribution in [2.45, 2.75) is 12.8 Å². The zero-order valence-corrected chi connectivity index (χ0v) is 22.3. The Morgan fingerprint density at radius 1 is 0.618 bits per heavy atom. The summed E-state index contributed by atoms with van der Waals surface area (Å²) >= 11 is 0. The summed E-state index contributed by atoms with van der Waals surface area (Å²) in [7, 11) is -7.47. The highest BCUT2D eigenvalue weighted by molar-refractivity contribution is 8.70. The van der Waals surface area contributed by atoms with Crippen LogP contribution < -0.4 is 0 Å². The van der Waals surface area contributed by atoms with Crippen molar-refractivity contribution in [3.8, 4) is 0 Å². The molecule has 196 valence electrons. The number of rotatable bonds is 8. The fourth-order valence-corrected chi connectivity index (χ4v) is 7.73. The van der Waals surface area contributed by atoms with Gasteiger partial charge in [-0.1, -0.05) is 0 Å². The molecule has 3 heterocycles. The van der Waals surface area contributed by atoms with Gasteiger partial charge in [0.2, 0.25) is 11.8 Å². The van der Waals surface area contributed by atoms with Gasteiger partial charge in [0.1, 0.15) is 26.2 Å². The minimum absolute atomic E-state index is 0.0487. The van der Waals surface area contributed by atoms with Crippen molar-refractivity contribution >= 4 is 51.7 Å². The van der Waals surface area contributed by atoms with E-state index >= 15 is 0 Å². The normalized spacial score (nSPS) is 22.8. The van der Waals surface area contributed by atoms with Crippen LogP contribution in [0.1, 0.15) is 12.8 Å². The van der Waals surface area contributed by atoms with Crippen LogP contribution in [0.4, 0.5) is 0 Å². The van der Waals surface area contributed by atoms with Crippen molar-refractivity contribution < 1.29 is 44.5 Å². The van der Waals surface area contributed by atoms with E-state index in [1.807, 2.05) is 0 Å². The lowest BCUT2D eigenvalue weighted by Crippen LogP contribution is -2.73. The summed E-state index contributed by atoms with van der Waals surface area (Å²) in [5.41, 5.74) is 0. The fraction of sp³-hybridized carbons (Fsp3) is 0.889. The smallest absolute Gasteiger partial charge is 0.319 e. The summed E-state index contributed by atoms with van der Waals surface area (Å²) in [6.45, 7) is 10.2. The Bertz CT molecular complexity index is 868. The SMILES string of the molecule is O=C(CCSS(=O)(=O)O)N1CC[N+]2(CC1)CC[N+]1(CCN(C(=O)CCSS(=O)(=O)O)CC1)CC2. The minimum atomic E-state index is -4.12. The third-order valence-electron chi connectivity index (χ3n) is 7.28. The monoisotopic (exact) mass is 562 g/mol. The van der Waals surface area contributed by atoms with Crippen molar-refractivity contribution in [3.63, 3.8) is 0 Å². The summed E-state index contributed by atoms with van der Waals surface area (Å²) in [5.74, 6) is -0.0595. The molecule has 2 spiro atoms. The number of piperazine rings is 3. The Labute approximate surface area is 208 Å². The van der Waals surface area contributed by atoms with Crippen LogP contribution in [0.3, 0.4) is 0 Å². The number of carbonyl (C=O) groups is 2. The molecule has 0 aliphatic carbocycles. The molecule has 0 saturated carbocycles. The highest BCUT2D eigenvalue weighted by Gasteiger charge is 2.45. The van der Waals surface area contributed by atoms with Crippen molar-refractivity contribution in [2.75, 3.05) is 90.0 Å². The standard InChI is InChI=1S/C18H32N4O8S4/c23-17(1-15-31-33(25,26)27)19-3-7-21(8-4-19)11-13-22(14-12-21)9-5-20(6-10-22)18(24)2-16-32-34(28,29)30/h1-16H2/p+2. The molecule has 34 heavy (non-hydrogen) atoms. The molecule has 2 N–H and O–H groups in total. The molecule has 3 rings (SSSR count). The molecule has 3 aliphatic heterocycles. The fourth-order valence-electron chi connectivity index (χ4n) is 5.03. The molecule has 0 atom stereocenters. The maximum absolute atomic E-state index is 12.3. The van der Waals surface area contributed by atoms with Crippen molar-refractivity contribution in [1.29, 1.82) is 0 Å². The summed E-state index contributed by atoms with van der Waals surface area (Å²) in [6, 6.07) is 0. The molecule has 12 nitrogen and oxygen atoms in total. The van der Waals surface area contributed by atoms with Gasteiger partial charge < -0.3 is 18.8 Å². The first-order valence-electron chi connectivity index (χ1n) is 11.3. The Balaban J connectivity index is 1.38. The lowest BCUT2D eigenvalue weighted by molar-refractivity contribution is -1.03. The summed E-state index contributed by atoms with van der Waals surface area (Å²) < 4.78 is 62.7. The number of hydrogen-bond acceptors (Lipinski definition) is 8. The molecule has 0 radical (unpaired) electrons. The Morgan fingerprint density at radius 2 is 0.912 bits per heavy atom. The van der Waals surface area contributed by atoms with Crippen LogP contribution in [-0.2, 0) is 27.9 Å². The average molecular weight is 563 g/mol. The molecule has 3 fully saturated rings. The van der Waals surface area contributed by atoms with Gasteiger partial charge in [-0.05, 0) is 21.6 Å². The number of quaternary nitrogens is 2. The summed E-state index contributed by atoms with van der Waals surface area (Å²) in [6.07, 6.45) is 0.183. The van der Waals surface area contributed by atoms with Gasteiger partial charge >= 0.3 is 18.3 Å². The quantitative estimate of drug-likeness (QED) is 0.218. The second kappa shape index (κ2) is 11.2. The van der Waals surface area contributed by atoms with E-state index in [2.05, 4.69) is 0 Å². The van der Waals surface area contributed by atoms with E-state index in [0.717, 1.165) is 61.3 Å². The predicted molar refractivity (Wildman–Crippen MR) is 130 cm³/mol. The van der Waals surface area contributed by atoms with Gasteiger partial charge in [-0.15, -0.1) is 0 Å². The Morgan fingerprint density at radius 3 is 1.18 bits per heavy atom. The van der Waals surface area contributed by atoms with Gasteiger partial charge in [-0.2, -0.15) is 16.8 Å². The molecule has 0 aromatic carbocycles. The number of nitrogens with zero attached hydrogens (tertiary/aromatic N) is 4. The third kappa shape index (κ3) is 8.21. The van der Waals surface area contributed by atoms with Gasteiger partial charge in [-0.25, -0.2) is 0 Å². The van der Waals surface area contributed by atoms with E-state index in [0.29, 0.717) is 47.8 Å². The van der Waals surface area contributed by atoms with E-state index in [1.165, 1.54) is 0 Å². The average Bonchev–Trinajstić information content (AvgIpc) is 2.75. The van der Waals surface area contributed by atoms with Gasteiger partial charge in [0, 0.05) is 24.3 Å². The van der Waals surface area contributed by atoms with Crippen LogP contribution >= 0.6 is 21.6 Å². The van der Waals surface area contributed by atoms with Crippen molar-refractivity contribution in [1.82, 2.24) is 9.80 Å². The second-order valence-electron chi connectivity index (χ2n) is 9.23. The molecule has 0 aromatic heterocycles. The van der Waals surface area contributed by atoms with E-state index in [-0.39, 0.29) is 36.2 Å². The van der Waals surface area contributed by atoms with Gasteiger partial charge in [0.25, 0.3) is 0 Å². The first-order chi connectivity index (χ1) is 15.8. The van der Waals surface area contributed by atoms with E-state index in [4.69, 9.17) is 9.11 Å². The van der Waals surface area contributed by atoms with E-state index in [9.17, 15) is 26.4 Å². The topological polar surface area (TPSA) is 149 Å². The van der Waals surface area contributed by atoms with Crippen LogP contribution in [0.5, 0.6) is 0 Å². The van der Waals surface area contributed by atoms with Crippen LogP contribution in [0.2, 0.25) is 0 Å². The Kier molecular flexibility index (Phi) is 9.20. The largest absolute Gasteiger partial charge is 0.331 e. The lowest BCUT2D eigenvalue weighted by Gasteiger charge is -2.54. The van der Waals surface area contributed by atoms with Crippen molar-refractivity contribution in [3.05, 3.63) is 0 Å². The van der Waals surface area contributed by atoms with Crippen LogP contribution in [0, 0.1) is 0 Å². The Hall–Kier alpha value is -0.620. The maximum Gasteiger partial charge on any atom is 0.319 e. The van der Waals surface area contributed by atoms with Crippen molar-refractivity contribution in [2.24, 2.45) is 0 Å². The minimum Gasteiger partial charge on any atom is -0.331 e. The number of carbonyl (C=O) groups excluding carboxylic acids is 2. The molecule has 16 heteroatoms. The predicted octanol–water partition coefficient (Wildman–Crippen LogP) is -0.830. The first kappa shape index (κ1) is 28.0. The molecule has 0 unspecified atom stereocenters. The molecule has 3 saturated heterocycles. The third-order valence-corrected chi connectivity index (χ3v) is 11.4. The zero-order chi connectivity index (χ0) is 25.0. The molecular formula is C18H34N4O8S4+2. The summed E-state index contributed by atoms with van der Waals surface area (Å²) in [4.78, 5) is 28.3. The number of hydrogen-bond donors (Lipinski definition) is 2. The van der Waals surface area contributed by atoms with Crippen LogP contribution in [0.25, 0.3) is 0 Å². The van der Waals surface area contributed by atoms with Crippen LogP contribution in [0.15, 0.2) is 0 Å². The molecule has 2 amide bonds. The van der Waals surface area contributed by atoms with E-state index in [1.54, 1.807) is 9.80 Å². The maximum atomic E-state index is 12.3. The zero-order valence-electron chi connectivity index (χ0n) is 19.1. The summed E-state index contributed by atoms with van der Waals surface area (Å²) in [5, 5.41) is 0. The van der Waals surface area contributed by atoms with Gasteiger partial charge in [-0.3, -0.25) is 18.7 Å². The molecule has 0 aromatic rings. The number of amides is 2. The highest BCUT2D eigenvalue weighted by atomic mass is 33.2. The molecule has 0 bridgehead atoms. The first-order valence-corrected chi connectivity index (χ1v) is 17.2. The highest BCUT2D eigenvalue weighted by Crippen LogP contribution is 2.25. The molecule has 3 aliphatic rings. The van der Waals surface area contributed by atoms with Crippen LogP contribution in [-0.4, -0.2) is 147 Å². The van der Waals surface area contributed by atoms with E-state index < -0.39 is 18.3 Å². The van der Waals surface area contributed by atoms with Gasteiger partial charge in [0.15, 0.2) is 0 Å². The van der Waals surface area contributed by atoms with Gasteiger partial charge in [0.05, 0.1) is 52.4 Å². The lowest BCUT2D eigenvalue weighted by atomic mass is 10.1. The molecular weight excluding hydrogens is 528 g/mol. The second-order valence-corrected chi connectivity index (χ2v) is 16.2.